The van der Waals surface area contributed by atoms with E-state index in [0.29, 0.717) is 13.0 Å². The molecule has 0 saturated heterocycles. The molecule has 1 atom stereocenters. The van der Waals surface area contributed by atoms with Crippen LogP contribution < -0.4 is 10.1 Å². The minimum absolute atomic E-state index is 0.142. The van der Waals surface area contributed by atoms with Crippen LogP contribution in [0.4, 0.5) is 0 Å². The number of fused-ring (bicyclic) bond motifs is 1. The SMILES string of the molecule is COc1ccc2c(c1)CNC(=O)[C@H](CC(=O)O)C2. The van der Waals surface area contributed by atoms with Crippen LogP contribution in [-0.2, 0) is 22.6 Å². The fourth-order valence-corrected chi connectivity index (χ4v) is 2.15. The lowest BCUT2D eigenvalue weighted by molar-refractivity contribution is -0.141. The molecule has 2 N–H and O–H groups in total. The van der Waals surface area contributed by atoms with E-state index in [1.54, 1.807) is 7.11 Å². The lowest BCUT2D eigenvalue weighted by Gasteiger charge is -2.10. The van der Waals surface area contributed by atoms with E-state index in [-0.39, 0.29) is 12.3 Å². The first-order valence-corrected chi connectivity index (χ1v) is 5.75. The number of amides is 1. The van der Waals surface area contributed by atoms with Crippen molar-refractivity contribution in [2.45, 2.75) is 19.4 Å². The topological polar surface area (TPSA) is 75.6 Å². The smallest absolute Gasteiger partial charge is 0.304 e. The lowest BCUT2D eigenvalue weighted by Crippen LogP contribution is -2.30. The number of hydrogen-bond donors (Lipinski definition) is 2. The van der Waals surface area contributed by atoms with Crippen LogP contribution in [0, 0.1) is 5.92 Å². The molecular weight excluding hydrogens is 234 g/mol. The van der Waals surface area contributed by atoms with E-state index in [4.69, 9.17) is 9.84 Å². The molecule has 1 aliphatic heterocycles. The number of carbonyl (C=O) groups is 2. The van der Waals surface area contributed by atoms with E-state index in [1.807, 2.05) is 18.2 Å². The third-order valence-electron chi connectivity index (χ3n) is 3.12. The fourth-order valence-electron chi connectivity index (χ4n) is 2.15. The highest BCUT2D eigenvalue weighted by atomic mass is 16.5. The van der Waals surface area contributed by atoms with Crippen LogP contribution in [0.3, 0.4) is 0 Å². The summed E-state index contributed by atoms with van der Waals surface area (Å²) in [5, 5.41) is 11.6. The summed E-state index contributed by atoms with van der Waals surface area (Å²) < 4.78 is 5.13. The largest absolute Gasteiger partial charge is 0.497 e. The zero-order valence-electron chi connectivity index (χ0n) is 10.1. The van der Waals surface area contributed by atoms with Crippen molar-refractivity contribution in [3.05, 3.63) is 29.3 Å². The molecule has 0 radical (unpaired) electrons. The van der Waals surface area contributed by atoms with Gasteiger partial charge < -0.3 is 15.2 Å². The molecule has 5 heteroatoms. The maximum atomic E-state index is 11.8. The van der Waals surface area contributed by atoms with E-state index in [1.165, 1.54) is 0 Å². The summed E-state index contributed by atoms with van der Waals surface area (Å²) in [6.07, 6.45) is 0.314. The second kappa shape index (κ2) is 5.08. The Morgan fingerprint density at radius 1 is 1.50 bits per heavy atom. The summed E-state index contributed by atoms with van der Waals surface area (Å²) in [7, 11) is 1.59. The second-order valence-electron chi connectivity index (χ2n) is 4.35. The first-order chi connectivity index (χ1) is 8.60. The van der Waals surface area contributed by atoms with Gasteiger partial charge in [-0.1, -0.05) is 6.07 Å². The summed E-state index contributed by atoms with van der Waals surface area (Å²) in [6.45, 7) is 0.418. The lowest BCUT2D eigenvalue weighted by atomic mass is 9.94. The van der Waals surface area contributed by atoms with Crippen molar-refractivity contribution in [2.75, 3.05) is 7.11 Å². The Hall–Kier alpha value is -2.04. The van der Waals surface area contributed by atoms with Crippen molar-refractivity contribution in [2.24, 2.45) is 5.92 Å². The highest BCUT2D eigenvalue weighted by molar-refractivity contribution is 5.84. The summed E-state index contributed by atoms with van der Waals surface area (Å²) in [5.74, 6) is -0.920. The van der Waals surface area contributed by atoms with Gasteiger partial charge in [-0.15, -0.1) is 0 Å². The summed E-state index contributed by atoms with van der Waals surface area (Å²) in [6, 6.07) is 5.59. The molecule has 1 amide bonds. The predicted molar refractivity (Wildman–Crippen MR) is 64.3 cm³/mol. The van der Waals surface area contributed by atoms with Crippen LogP contribution in [0.5, 0.6) is 5.75 Å². The number of nitrogens with one attached hydrogen (secondary N) is 1. The predicted octanol–water partition coefficient (Wildman–Crippen LogP) is 0.958. The molecule has 5 nitrogen and oxygen atoms in total. The van der Waals surface area contributed by atoms with E-state index in [9.17, 15) is 9.59 Å². The first-order valence-electron chi connectivity index (χ1n) is 5.75. The molecule has 0 saturated carbocycles. The number of carbonyl (C=O) groups excluding carboxylic acids is 1. The number of aliphatic carboxylic acids is 1. The molecule has 0 bridgehead atoms. The number of carboxylic acid groups (broad SMARTS) is 1. The molecule has 1 aliphatic rings. The molecule has 2 rings (SSSR count). The molecule has 96 valence electrons. The average molecular weight is 249 g/mol. The minimum Gasteiger partial charge on any atom is -0.497 e. The zero-order chi connectivity index (χ0) is 13.1. The van der Waals surface area contributed by atoms with Crippen molar-refractivity contribution in [1.82, 2.24) is 5.32 Å². The average Bonchev–Trinajstić information content (AvgIpc) is 2.49. The molecular formula is C13H15NO4. The fraction of sp³-hybridized carbons (Fsp3) is 0.385. The molecule has 1 heterocycles. The van der Waals surface area contributed by atoms with Crippen molar-refractivity contribution in [3.8, 4) is 5.75 Å². The van der Waals surface area contributed by atoms with Gasteiger partial charge in [0.2, 0.25) is 5.91 Å². The first kappa shape index (κ1) is 12.4. The van der Waals surface area contributed by atoms with Gasteiger partial charge in [0.1, 0.15) is 5.75 Å². The van der Waals surface area contributed by atoms with Crippen LogP contribution in [-0.4, -0.2) is 24.1 Å². The molecule has 0 spiro atoms. The van der Waals surface area contributed by atoms with Crippen molar-refractivity contribution in [1.29, 1.82) is 0 Å². The van der Waals surface area contributed by atoms with E-state index < -0.39 is 11.9 Å². The molecule has 0 aliphatic carbocycles. The molecule has 1 aromatic rings. The molecule has 1 aromatic carbocycles. The van der Waals surface area contributed by atoms with Gasteiger partial charge in [0.25, 0.3) is 0 Å². The quantitative estimate of drug-likeness (QED) is 0.836. The standard InChI is InChI=1S/C13H15NO4/c1-18-11-3-2-8-4-9(6-12(15)16)13(17)14-7-10(8)5-11/h2-3,5,9H,4,6-7H2,1H3,(H,14,17)(H,15,16)/t9-/m0/s1. The normalized spacial score (nSPS) is 18.5. The minimum atomic E-state index is -0.952. The third-order valence-corrected chi connectivity index (χ3v) is 3.12. The van der Waals surface area contributed by atoms with Crippen LogP contribution in [0.2, 0.25) is 0 Å². The number of carboxylic acids is 1. The highest BCUT2D eigenvalue weighted by Crippen LogP contribution is 2.24. The Kier molecular flexibility index (Phi) is 3.50. The van der Waals surface area contributed by atoms with Crippen molar-refractivity contribution in [3.63, 3.8) is 0 Å². The maximum Gasteiger partial charge on any atom is 0.304 e. The van der Waals surface area contributed by atoms with E-state index in [2.05, 4.69) is 5.32 Å². The van der Waals surface area contributed by atoms with Crippen LogP contribution in [0.1, 0.15) is 17.5 Å². The number of rotatable bonds is 3. The van der Waals surface area contributed by atoms with E-state index >= 15 is 0 Å². The highest BCUT2D eigenvalue weighted by Gasteiger charge is 2.26. The summed E-state index contributed by atoms with van der Waals surface area (Å²) in [5.41, 5.74) is 1.98. The number of methoxy groups -OCH3 is 1. The van der Waals surface area contributed by atoms with Crippen LogP contribution in [0.25, 0.3) is 0 Å². The number of ether oxygens (including phenoxy) is 1. The Morgan fingerprint density at radius 3 is 2.94 bits per heavy atom. The molecule has 0 unspecified atom stereocenters. The van der Waals surface area contributed by atoms with Crippen molar-refractivity contribution < 1.29 is 19.4 Å². The Bertz CT molecular complexity index is 484. The monoisotopic (exact) mass is 249 g/mol. The number of benzene rings is 1. The summed E-state index contributed by atoms with van der Waals surface area (Å²) >= 11 is 0. The van der Waals surface area contributed by atoms with Gasteiger partial charge in [-0.2, -0.15) is 0 Å². The van der Waals surface area contributed by atoms with Gasteiger partial charge in [-0.25, -0.2) is 0 Å². The maximum absolute atomic E-state index is 11.8. The summed E-state index contributed by atoms with van der Waals surface area (Å²) in [4.78, 5) is 22.5. The Labute approximate surface area is 105 Å². The third kappa shape index (κ3) is 2.61. The molecule has 0 fully saturated rings. The Morgan fingerprint density at radius 2 is 2.28 bits per heavy atom. The van der Waals surface area contributed by atoms with Crippen LogP contribution >= 0.6 is 0 Å². The van der Waals surface area contributed by atoms with Gasteiger partial charge in [-0.05, 0) is 29.7 Å². The van der Waals surface area contributed by atoms with Gasteiger partial charge in [0.05, 0.1) is 19.4 Å². The van der Waals surface area contributed by atoms with Gasteiger partial charge in [-0.3, -0.25) is 9.59 Å². The Balaban J connectivity index is 2.26. The van der Waals surface area contributed by atoms with Gasteiger partial charge in [0, 0.05) is 6.54 Å². The van der Waals surface area contributed by atoms with Gasteiger partial charge >= 0.3 is 5.97 Å². The molecule has 18 heavy (non-hydrogen) atoms. The zero-order valence-corrected chi connectivity index (χ0v) is 10.1. The number of hydrogen-bond acceptors (Lipinski definition) is 3. The van der Waals surface area contributed by atoms with E-state index in [0.717, 1.165) is 16.9 Å². The van der Waals surface area contributed by atoms with Gasteiger partial charge in [0.15, 0.2) is 0 Å². The van der Waals surface area contributed by atoms with Crippen LogP contribution in [0.15, 0.2) is 18.2 Å². The molecule has 0 aromatic heterocycles. The van der Waals surface area contributed by atoms with Crippen molar-refractivity contribution >= 4 is 11.9 Å². The second-order valence-corrected chi connectivity index (χ2v) is 4.35.